The van der Waals surface area contributed by atoms with Crippen LogP contribution in [-0.4, -0.2) is 11.0 Å². The number of aromatic carboxylic acids is 1. The summed E-state index contributed by atoms with van der Waals surface area (Å²) in [5.41, 5.74) is 4.22. The first kappa shape index (κ1) is 18.0. The van der Waals surface area contributed by atoms with E-state index in [0.717, 1.165) is 16.7 Å². The van der Waals surface area contributed by atoms with E-state index in [9.17, 15) is 9.90 Å². The van der Waals surface area contributed by atoms with Gasteiger partial charge in [0, 0.05) is 21.5 Å². The summed E-state index contributed by atoms with van der Waals surface area (Å²) in [6, 6.07) is 24.4. The summed E-state index contributed by atoms with van der Waals surface area (Å²) in [6.07, 6.45) is 4.07. The number of rotatable bonds is 4. The lowest BCUT2D eigenvalue weighted by molar-refractivity contribution is -0.254. The molecule has 0 bridgehead atoms. The van der Waals surface area contributed by atoms with Crippen molar-refractivity contribution in [1.29, 1.82) is 0 Å². The topological polar surface area (TPSA) is 53.0 Å². The Morgan fingerprint density at radius 2 is 1.54 bits per heavy atom. The van der Waals surface area contributed by atoms with Crippen molar-refractivity contribution in [3.05, 3.63) is 101 Å². The third-order valence-electron chi connectivity index (χ3n) is 4.46. The van der Waals surface area contributed by atoms with Crippen molar-refractivity contribution < 1.29 is 9.90 Å². The molecule has 0 aliphatic rings. The SMILES string of the molecule is O=C([O-])c1cc(-c2ccc(C=Cc3ccccc3)cc2)nc2ccc(Cl)cc12. The third-order valence-corrected chi connectivity index (χ3v) is 4.70. The zero-order valence-electron chi connectivity index (χ0n) is 14.8. The van der Waals surface area contributed by atoms with E-state index in [2.05, 4.69) is 4.98 Å². The minimum absolute atomic E-state index is 0.0792. The highest BCUT2D eigenvalue weighted by Gasteiger charge is 2.09. The second-order valence-electron chi connectivity index (χ2n) is 6.37. The number of hydrogen-bond acceptors (Lipinski definition) is 3. The Balaban J connectivity index is 1.69. The van der Waals surface area contributed by atoms with Crippen molar-refractivity contribution in [2.24, 2.45) is 0 Å². The fourth-order valence-electron chi connectivity index (χ4n) is 3.04. The van der Waals surface area contributed by atoms with Crippen molar-refractivity contribution >= 4 is 40.6 Å². The summed E-state index contributed by atoms with van der Waals surface area (Å²) in [5, 5.41) is 12.5. The number of pyridine rings is 1. The molecule has 0 spiro atoms. The van der Waals surface area contributed by atoms with Crippen LogP contribution in [0.25, 0.3) is 34.3 Å². The fraction of sp³-hybridized carbons (Fsp3) is 0. The summed E-state index contributed by atoms with van der Waals surface area (Å²) < 4.78 is 0. The van der Waals surface area contributed by atoms with Gasteiger partial charge in [-0.2, -0.15) is 0 Å². The monoisotopic (exact) mass is 384 g/mol. The van der Waals surface area contributed by atoms with E-state index >= 15 is 0 Å². The normalized spacial score (nSPS) is 11.2. The first-order chi connectivity index (χ1) is 13.6. The summed E-state index contributed by atoms with van der Waals surface area (Å²) in [5.74, 6) is -1.25. The van der Waals surface area contributed by atoms with Gasteiger partial charge < -0.3 is 9.90 Å². The van der Waals surface area contributed by atoms with Gasteiger partial charge in [-0.05, 0) is 35.4 Å². The number of hydrogen-bond donors (Lipinski definition) is 0. The molecule has 28 heavy (non-hydrogen) atoms. The molecule has 4 aromatic rings. The highest BCUT2D eigenvalue weighted by atomic mass is 35.5. The van der Waals surface area contributed by atoms with E-state index in [1.807, 2.05) is 66.7 Å². The molecule has 4 heteroatoms. The Hall–Kier alpha value is -3.43. The number of carbonyl (C=O) groups excluding carboxylic acids is 1. The second-order valence-corrected chi connectivity index (χ2v) is 6.81. The number of benzene rings is 3. The van der Waals surface area contributed by atoms with E-state index in [0.29, 0.717) is 21.6 Å². The Morgan fingerprint density at radius 3 is 2.21 bits per heavy atom. The van der Waals surface area contributed by atoms with Gasteiger partial charge in [0.05, 0.1) is 17.2 Å². The third kappa shape index (κ3) is 3.80. The van der Waals surface area contributed by atoms with Crippen LogP contribution in [0.2, 0.25) is 5.02 Å². The van der Waals surface area contributed by atoms with Crippen molar-refractivity contribution in [2.75, 3.05) is 0 Å². The van der Waals surface area contributed by atoms with Crippen LogP contribution in [0.1, 0.15) is 21.5 Å². The van der Waals surface area contributed by atoms with Crippen LogP contribution in [0.5, 0.6) is 0 Å². The molecule has 0 radical (unpaired) electrons. The molecule has 1 aromatic heterocycles. The molecule has 0 atom stereocenters. The molecule has 0 aliphatic heterocycles. The van der Waals surface area contributed by atoms with Crippen LogP contribution in [0, 0.1) is 0 Å². The smallest absolute Gasteiger partial charge is 0.0722 e. The van der Waals surface area contributed by atoms with Crippen LogP contribution in [0.3, 0.4) is 0 Å². The maximum atomic E-state index is 11.6. The molecular weight excluding hydrogens is 370 g/mol. The van der Waals surface area contributed by atoms with Gasteiger partial charge in [0.1, 0.15) is 0 Å². The van der Waals surface area contributed by atoms with Gasteiger partial charge in [-0.1, -0.05) is 78.4 Å². The summed E-state index contributed by atoms with van der Waals surface area (Å²) in [7, 11) is 0. The molecule has 1 heterocycles. The van der Waals surface area contributed by atoms with Crippen molar-refractivity contribution in [2.45, 2.75) is 0 Å². The van der Waals surface area contributed by atoms with Crippen molar-refractivity contribution in [3.8, 4) is 11.3 Å². The first-order valence-corrected chi connectivity index (χ1v) is 9.13. The van der Waals surface area contributed by atoms with Gasteiger partial charge in [0.2, 0.25) is 0 Å². The van der Waals surface area contributed by atoms with E-state index in [1.165, 1.54) is 6.07 Å². The average Bonchev–Trinajstić information content (AvgIpc) is 2.72. The summed E-state index contributed by atoms with van der Waals surface area (Å²) in [6.45, 7) is 0. The minimum Gasteiger partial charge on any atom is -0.545 e. The molecule has 0 N–H and O–H groups in total. The van der Waals surface area contributed by atoms with Gasteiger partial charge >= 0.3 is 0 Å². The number of carbonyl (C=O) groups is 1. The standard InChI is InChI=1S/C24H16ClNO2/c25-19-12-13-22-20(14-19)21(24(27)28)15-23(26-22)18-10-8-17(9-11-18)7-6-16-4-2-1-3-5-16/h1-15H,(H,27,28)/p-1. The van der Waals surface area contributed by atoms with E-state index in [-0.39, 0.29) is 5.56 Å². The quantitative estimate of drug-likeness (QED) is 0.460. The summed E-state index contributed by atoms with van der Waals surface area (Å²) in [4.78, 5) is 16.2. The molecule has 0 saturated carbocycles. The van der Waals surface area contributed by atoms with Crippen LogP contribution in [0.15, 0.2) is 78.9 Å². The fourth-order valence-corrected chi connectivity index (χ4v) is 3.21. The predicted molar refractivity (Wildman–Crippen MR) is 112 cm³/mol. The van der Waals surface area contributed by atoms with Crippen LogP contribution < -0.4 is 5.11 Å². The molecule has 0 unspecified atom stereocenters. The number of carboxylic acid groups (broad SMARTS) is 1. The van der Waals surface area contributed by atoms with Gasteiger partial charge in [0.25, 0.3) is 0 Å². The summed E-state index contributed by atoms with van der Waals surface area (Å²) >= 11 is 6.00. The highest BCUT2D eigenvalue weighted by Crippen LogP contribution is 2.27. The van der Waals surface area contributed by atoms with Crippen LogP contribution in [-0.2, 0) is 0 Å². The molecule has 3 aromatic carbocycles. The highest BCUT2D eigenvalue weighted by molar-refractivity contribution is 6.31. The Kier molecular flexibility index (Phi) is 4.92. The Bertz CT molecular complexity index is 1180. The van der Waals surface area contributed by atoms with E-state index < -0.39 is 5.97 Å². The van der Waals surface area contributed by atoms with E-state index in [4.69, 9.17) is 11.6 Å². The van der Waals surface area contributed by atoms with Crippen LogP contribution >= 0.6 is 11.6 Å². The number of fused-ring (bicyclic) bond motifs is 1. The average molecular weight is 385 g/mol. The Morgan fingerprint density at radius 1 is 0.857 bits per heavy atom. The lowest BCUT2D eigenvalue weighted by Crippen LogP contribution is -2.22. The Labute approximate surface area is 167 Å². The van der Waals surface area contributed by atoms with Gasteiger partial charge in [-0.25, -0.2) is 4.98 Å². The van der Waals surface area contributed by atoms with Crippen molar-refractivity contribution in [3.63, 3.8) is 0 Å². The molecular formula is C24H15ClNO2-. The molecule has 0 amide bonds. The largest absolute Gasteiger partial charge is 0.545 e. The van der Waals surface area contributed by atoms with Gasteiger partial charge in [-0.3, -0.25) is 0 Å². The van der Waals surface area contributed by atoms with Crippen LogP contribution in [0.4, 0.5) is 0 Å². The van der Waals surface area contributed by atoms with Crippen molar-refractivity contribution in [1.82, 2.24) is 4.98 Å². The second kappa shape index (κ2) is 7.67. The zero-order valence-corrected chi connectivity index (χ0v) is 15.6. The maximum absolute atomic E-state index is 11.6. The number of nitrogens with zero attached hydrogens (tertiary/aromatic N) is 1. The zero-order chi connectivity index (χ0) is 19.5. The number of halogens is 1. The number of aromatic nitrogens is 1. The van der Waals surface area contributed by atoms with Gasteiger partial charge in [0.15, 0.2) is 0 Å². The molecule has 3 nitrogen and oxygen atoms in total. The lowest BCUT2D eigenvalue weighted by Gasteiger charge is -2.11. The maximum Gasteiger partial charge on any atom is 0.0722 e. The minimum atomic E-state index is -1.25. The number of carboxylic acids is 1. The molecule has 4 rings (SSSR count). The predicted octanol–water partition coefficient (Wildman–Crippen LogP) is 5.09. The molecule has 136 valence electrons. The van der Waals surface area contributed by atoms with Gasteiger partial charge in [-0.15, -0.1) is 0 Å². The first-order valence-electron chi connectivity index (χ1n) is 8.75. The molecule has 0 saturated heterocycles. The lowest BCUT2D eigenvalue weighted by atomic mass is 10.0. The molecule has 0 fully saturated rings. The molecule has 0 aliphatic carbocycles. The van der Waals surface area contributed by atoms with E-state index in [1.54, 1.807) is 18.2 Å².